The van der Waals surface area contributed by atoms with Gasteiger partial charge >= 0.3 is 0 Å². The molecule has 3 nitrogen and oxygen atoms in total. The Morgan fingerprint density at radius 1 is 0.737 bits per heavy atom. The van der Waals surface area contributed by atoms with Crippen LogP contribution in [0.4, 0.5) is 0 Å². The average Bonchev–Trinajstić information content (AvgIpc) is 3.64. The zero-order valence-electron chi connectivity index (χ0n) is 20.6. The van der Waals surface area contributed by atoms with Crippen molar-refractivity contribution in [3.8, 4) is 56.5 Å². The smallest absolute Gasteiger partial charge is 0.226 e. The van der Waals surface area contributed by atoms with Crippen LogP contribution < -0.4 is 0 Å². The Morgan fingerprint density at radius 3 is 2.32 bits per heavy atom. The molecule has 0 saturated heterocycles. The minimum atomic E-state index is 0.576. The van der Waals surface area contributed by atoms with Crippen LogP contribution in [0.5, 0.6) is 0 Å². The van der Waals surface area contributed by atoms with Gasteiger partial charge in [0.15, 0.2) is 5.76 Å². The highest BCUT2D eigenvalue weighted by atomic mass is 16.4. The number of aromatic nitrogens is 1. The second-order valence-corrected chi connectivity index (χ2v) is 9.30. The number of benzene rings is 3. The number of fused-ring (bicyclic) bond motifs is 1. The Labute approximate surface area is 221 Å². The molecule has 0 unspecified atom stereocenters. The second-order valence-electron chi connectivity index (χ2n) is 9.30. The first-order valence-corrected chi connectivity index (χ1v) is 12.8. The molecule has 0 radical (unpaired) electrons. The van der Waals surface area contributed by atoms with Crippen molar-refractivity contribution in [2.45, 2.75) is 12.8 Å². The maximum Gasteiger partial charge on any atom is 0.226 e. The van der Waals surface area contributed by atoms with Gasteiger partial charge < -0.3 is 8.83 Å². The predicted octanol–water partition coefficient (Wildman–Crippen LogP) is 9.16. The first-order valence-electron chi connectivity index (χ1n) is 12.8. The van der Waals surface area contributed by atoms with Crippen molar-refractivity contribution < 1.29 is 8.83 Å². The van der Waals surface area contributed by atoms with Crippen molar-refractivity contribution in [3.05, 3.63) is 133 Å². The lowest BCUT2D eigenvalue weighted by Gasteiger charge is -2.15. The molecule has 0 amide bonds. The lowest BCUT2D eigenvalue weighted by atomic mass is 9.87. The summed E-state index contributed by atoms with van der Waals surface area (Å²) in [6, 6.07) is 39.2. The fourth-order valence-corrected chi connectivity index (χ4v) is 5.21. The number of furan rings is 1. The van der Waals surface area contributed by atoms with E-state index in [1.165, 1.54) is 5.56 Å². The summed E-state index contributed by atoms with van der Waals surface area (Å²) in [5, 5.41) is 0. The summed E-state index contributed by atoms with van der Waals surface area (Å²) >= 11 is 0. The third-order valence-corrected chi connectivity index (χ3v) is 6.97. The molecular formula is C35H23NO2. The molecule has 3 heteroatoms. The van der Waals surface area contributed by atoms with Gasteiger partial charge in [-0.1, -0.05) is 97.1 Å². The van der Waals surface area contributed by atoms with Gasteiger partial charge in [0.05, 0.1) is 0 Å². The number of nitrogens with zero attached hydrogens (tertiary/aromatic N) is 1. The number of allylic oxidation sites excluding steroid dienone is 1. The maximum absolute atomic E-state index is 6.82. The Morgan fingerprint density at radius 2 is 1.53 bits per heavy atom. The molecule has 6 aromatic rings. The zero-order valence-corrected chi connectivity index (χ0v) is 20.6. The molecule has 1 aliphatic carbocycles. The summed E-state index contributed by atoms with van der Waals surface area (Å²) in [7, 11) is 0. The van der Waals surface area contributed by atoms with E-state index < -0.39 is 0 Å². The SMILES string of the molecule is c1cccc(-c2cccc(-c3ccccc3)c2-c2oc(-c3coc(-c4ccccc4)n3)c3c2CCC=C3)c#1. The third-order valence-electron chi connectivity index (χ3n) is 6.97. The molecule has 38 heavy (non-hydrogen) atoms. The molecule has 0 aliphatic heterocycles. The van der Waals surface area contributed by atoms with E-state index in [4.69, 9.17) is 13.8 Å². The molecule has 0 spiro atoms. The highest BCUT2D eigenvalue weighted by Gasteiger charge is 2.28. The van der Waals surface area contributed by atoms with Gasteiger partial charge in [0.2, 0.25) is 5.89 Å². The molecule has 1 aliphatic rings. The fourth-order valence-electron chi connectivity index (χ4n) is 5.21. The summed E-state index contributed by atoms with van der Waals surface area (Å²) in [4.78, 5) is 4.82. The van der Waals surface area contributed by atoms with Crippen LogP contribution in [0.3, 0.4) is 0 Å². The Kier molecular flexibility index (Phi) is 5.49. The van der Waals surface area contributed by atoms with Crippen molar-refractivity contribution in [3.63, 3.8) is 0 Å². The molecule has 0 saturated carbocycles. The predicted molar refractivity (Wildman–Crippen MR) is 151 cm³/mol. The van der Waals surface area contributed by atoms with Gasteiger partial charge in [0.1, 0.15) is 17.7 Å². The van der Waals surface area contributed by atoms with Crippen molar-refractivity contribution in [1.82, 2.24) is 4.98 Å². The summed E-state index contributed by atoms with van der Waals surface area (Å²) in [5.74, 6) is 2.18. The molecule has 0 fully saturated rings. The van der Waals surface area contributed by atoms with Crippen molar-refractivity contribution >= 4 is 6.08 Å². The molecule has 0 bridgehead atoms. The van der Waals surface area contributed by atoms with Crippen LogP contribution in [0.15, 0.2) is 118 Å². The maximum atomic E-state index is 6.82. The highest BCUT2D eigenvalue weighted by Crippen LogP contribution is 2.47. The standard InChI is InChI=1S/C35H23NO2/c1-4-13-24(14-5-1)27-21-12-22-28(25-15-6-2-7-16-25)32(27)34-30-20-11-10-19-29(30)33(38-34)31-23-37-35(36-31)26-17-8-3-9-18-26/h1-6,8-10,12-15,17-19,21-23H,11,20H2. The van der Waals surface area contributed by atoms with Crippen LogP contribution in [-0.4, -0.2) is 4.98 Å². The molecular weight excluding hydrogens is 466 g/mol. The van der Waals surface area contributed by atoms with Crippen LogP contribution in [0, 0.1) is 12.1 Å². The molecule has 0 N–H and O–H groups in total. The zero-order chi connectivity index (χ0) is 25.3. The molecule has 0 atom stereocenters. The molecule has 7 rings (SSSR count). The monoisotopic (exact) mass is 489 g/mol. The van der Waals surface area contributed by atoms with E-state index >= 15 is 0 Å². The molecule has 180 valence electrons. The Balaban J connectivity index is 1.47. The number of hydrogen-bond donors (Lipinski definition) is 0. The first kappa shape index (κ1) is 22.2. The first-order chi connectivity index (χ1) is 18.9. The van der Waals surface area contributed by atoms with E-state index in [1.54, 1.807) is 6.26 Å². The lowest BCUT2D eigenvalue weighted by Crippen LogP contribution is -1.96. The molecule has 4 aromatic carbocycles. The van der Waals surface area contributed by atoms with Gasteiger partial charge in [-0.3, -0.25) is 0 Å². The summed E-state index contributed by atoms with van der Waals surface area (Å²) in [6.07, 6.45) is 7.90. The Hall–Kier alpha value is -5.07. The van der Waals surface area contributed by atoms with Gasteiger partial charge in [-0.15, -0.1) is 0 Å². The molecule has 2 heterocycles. The van der Waals surface area contributed by atoms with Crippen LogP contribution in [0.25, 0.3) is 62.6 Å². The average molecular weight is 490 g/mol. The van der Waals surface area contributed by atoms with Crippen molar-refractivity contribution in [1.29, 1.82) is 0 Å². The summed E-state index contributed by atoms with van der Waals surface area (Å²) < 4.78 is 12.7. The summed E-state index contributed by atoms with van der Waals surface area (Å²) in [6.45, 7) is 0. The van der Waals surface area contributed by atoms with Gasteiger partial charge in [0.25, 0.3) is 0 Å². The van der Waals surface area contributed by atoms with Crippen LogP contribution >= 0.6 is 0 Å². The van der Waals surface area contributed by atoms with E-state index in [2.05, 4.69) is 72.8 Å². The normalized spacial score (nSPS) is 12.2. The van der Waals surface area contributed by atoms with Gasteiger partial charge in [0, 0.05) is 33.4 Å². The number of oxazole rings is 1. The largest absolute Gasteiger partial charge is 0.453 e. The van der Waals surface area contributed by atoms with Gasteiger partial charge in [-0.2, -0.15) is 0 Å². The summed E-state index contributed by atoms with van der Waals surface area (Å²) in [5.41, 5.74) is 9.22. The molecule has 2 aromatic heterocycles. The van der Waals surface area contributed by atoms with E-state index in [-0.39, 0.29) is 0 Å². The van der Waals surface area contributed by atoms with Gasteiger partial charge in [-0.25, -0.2) is 4.98 Å². The van der Waals surface area contributed by atoms with E-state index in [0.717, 1.165) is 63.3 Å². The Bertz CT molecular complexity index is 1680. The second kappa shape index (κ2) is 9.42. The van der Waals surface area contributed by atoms with Crippen LogP contribution in [0.2, 0.25) is 0 Å². The fraction of sp³-hybridized carbons (Fsp3) is 0.0571. The highest BCUT2D eigenvalue weighted by molar-refractivity contribution is 5.95. The topological polar surface area (TPSA) is 39.2 Å². The third kappa shape index (κ3) is 3.84. The minimum absolute atomic E-state index is 0.576. The quantitative estimate of drug-likeness (QED) is 0.242. The lowest BCUT2D eigenvalue weighted by molar-refractivity contribution is 0.570. The van der Waals surface area contributed by atoms with E-state index in [9.17, 15) is 0 Å². The van der Waals surface area contributed by atoms with E-state index in [1.807, 2.05) is 48.5 Å². The van der Waals surface area contributed by atoms with Crippen LogP contribution in [-0.2, 0) is 6.42 Å². The van der Waals surface area contributed by atoms with E-state index in [0.29, 0.717) is 11.6 Å². The minimum Gasteiger partial charge on any atom is -0.453 e. The number of hydrogen-bond acceptors (Lipinski definition) is 3. The van der Waals surface area contributed by atoms with Crippen LogP contribution in [0.1, 0.15) is 17.5 Å². The number of rotatable bonds is 5. The van der Waals surface area contributed by atoms with Gasteiger partial charge in [-0.05, 0) is 48.2 Å². The van der Waals surface area contributed by atoms with Crippen molar-refractivity contribution in [2.75, 3.05) is 0 Å². The van der Waals surface area contributed by atoms with Crippen molar-refractivity contribution in [2.24, 2.45) is 0 Å².